The second-order valence-corrected chi connectivity index (χ2v) is 24.0. The molecule has 4 fully saturated rings. The van der Waals surface area contributed by atoms with E-state index in [0.29, 0.717) is 24.7 Å². The van der Waals surface area contributed by atoms with Crippen molar-refractivity contribution >= 4 is 54.7 Å². The summed E-state index contributed by atoms with van der Waals surface area (Å²) >= 11 is 0. The monoisotopic (exact) mass is 1070 g/mol. The van der Waals surface area contributed by atoms with Crippen LogP contribution >= 0.6 is 0 Å². The Bertz CT molecular complexity index is 2400. The third-order valence-electron chi connectivity index (χ3n) is 15.0. The molecule has 1 unspecified atom stereocenters. The Labute approximate surface area is 455 Å². The Morgan fingerprint density at radius 1 is 0.714 bits per heavy atom. The molecule has 4 aliphatic rings. The lowest BCUT2D eigenvalue weighted by molar-refractivity contribution is -0.199. The second kappa shape index (κ2) is 26.6. The number of carbonyl (C=O) groups excluding carboxylic acids is 7. The van der Waals surface area contributed by atoms with Crippen LogP contribution in [0.4, 0.5) is 9.59 Å². The van der Waals surface area contributed by atoms with Crippen LogP contribution in [-0.4, -0.2) is 120 Å². The number of Topliss-reactive ketones (excluding diaryl/α,β-unsaturated/α-hetero) is 1. The molecule has 2 aromatic carbocycles. The summed E-state index contributed by atoms with van der Waals surface area (Å²) in [5, 5.41) is 25.3. The largest absolute Gasteiger partial charge is 0.481 e. The van der Waals surface area contributed by atoms with Crippen molar-refractivity contribution in [1.29, 1.82) is 0 Å². The minimum Gasteiger partial charge on any atom is -0.481 e. The fourth-order valence-corrected chi connectivity index (χ4v) is 10.5. The van der Waals surface area contributed by atoms with E-state index in [1.165, 1.54) is 12.5 Å². The molecule has 1 heterocycles. The van der Waals surface area contributed by atoms with Crippen LogP contribution in [0.2, 0.25) is 5.82 Å². The van der Waals surface area contributed by atoms with Crippen molar-refractivity contribution < 1.29 is 62.2 Å². The normalized spacial score (nSPS) is 21.3. The lowest BCUT2D eigenvalue weighted by Crippen LogP contribution is -2.65. The number of hydrogen-bond acceptors (Lipinski definition) is 12. The summed E-state index contributed by atoms with van der Waals surface area (Å²) in [6, 6.07) is 9.56. The number of aryl methyl sites for hydroxylation is 1. The number of aliphatic carboxylic acids is 1. The number of amides is 6. The zero-order chi connectivity index (χ0) is 57.0. The van der Waals surface area contributed by atoms with Crippen molar-refractivity contribution in [3.63, 3.8) is 0 Å². The number of nitrogens with one attached hydrogen (secondary N) is 6. The molecule has 2 bridgehead atoms. The van der Waals surface area contributed by atoms with Gasteiger partial charge in [0.15, 0.2) is 5.78 Å². The van der Waals surface area contributed by atoms with E-state index in [0.717, 1.165) is 43.2 Å². The number of ketones is 1. The average Bonchev–Trinajstić information content (AvgIpc) is 3.87. The van der Waals surface area contributed by atoms with Crippen molar-refractivity contribution in [2.24, 2.45) is 17.3 Å². The van der Waals surface area contributed by atoms with Gasteiger partial charge in [-0.1, -0.05) is 70.5 Å². The zero-order valence-electron chi connectivity index (χ0n) is 47.4. The number of ether oxygens (including phenoxy) is 2. The number of hydrogen-bond donors (Lipinski definition) is 7. The Kier molecular flexibility index (Phi) is 21.3. The highest BCUT2D eigenvalue weighted by Gasteiger charge is 2.68. The van der Waals surface area contributed by atoms with Crippen molar-refractivity contribution in [2.75, 3.05) is 13.1 Å². The van der Waals surface area contributed by atoms with Crippen molar-refractivity contribution in [3.8, 4) is 11.1 Å². The van der Waals surface area contributed by atoms with Crippen molar-refractivity contribution in [3.05, 3.63) is 59.7 Å². The number of alkyl carbamates (subject to hydrolysis) is 2. The molecule has 6 rings (SSSR count). The number of unbranched alkanes of at least 4 members (excludes halogenated alkanes) is 2. The molecule has 6 amide bonds. The fraction of sp³-hybridized carbons (Fsp3) is 0.649. The van der Waals surface area contributed by atoms with Gasteiger partial charge in [0.05, 0.1) is 24.3 Å². The van der Waals surface area contributed by atoms with Crippen LogP contribution in [0.15, 0.2) is 48.5 Å². The smallest absolute Gasteiger partial charge is 0.461 e. The Balaban J connectivity index is 1.26. The number of carboxylic acid groups (broad SMARTS) is 1. The fourth-order valence-electron chi connectivity index (χ4n) is 10.5. The number of carbonyl (C=O) groups is 8. The highest BCUT2D eigenvalue weighted by atomic mass is 16.7. The summed E-state index contributed by atoms with van der Waals surface area (Å²) in [5.41, 5.74) is 1.29. The minimum atomic E-state index is -1.54. The molecule has 7 N–H and O–H groups in total. The molecular formula is C57H85BN6O13. The van der Waals surface area contributed by atoms with E-state index in [4.69, 9.17) is 18.8 Å². The van der Waals surface area contributed by atoms with Crippen LogP contribution in [0.3, 0.4) is 0 Å². The van der Waals surface area contributed by atoms with Gasteiger partial charge in [-0.3, -0.25) is 28.8 Å². The first-order valence-electron chi connectivity index (χ1n) is 27.4. The first kappa shape index (κ1) is 61.8. The molecule has 19 nitrogen and oxygen atoms in total. The Morgan fingerprint density at radius 2 is 1.30 bits per heavy atom. The van der Waals surface area contributed by atoms with Crippen LogP contribution in [0.1, 0.15) is 163 Å². The van der Waals surface area contributed by atoms with Gasteiger partial charge in [0.1, 0.15) is 29.3 Å². The van der Waals surface area contributed by atoms with Crippen LogP contribution in [0, 0.1) is 17.3 Å². The maximum absolute atomic E-state index is 14.2. The van der Waals surface area contributed by atoms with E-state index in [2.05, 4.69) is 71.7 Å². The van der Waals surface area contributed by atoms with Crippen LogP contribution in [-0.2, 0) is 49.2 Å². The highest BCUT2D eigenvalue weighted by molar-refractivity contribution is 6.47. The third-order valence-corrected chi connectivity index (χ3v) is 15.0. The predicted molar refractivity (Wildman–Crippen MR) is 292 cm³/mol. The van der Waals surface area contributed by atoms with Crippen LogP contribution < -0.4 is 31.9 Å². The predicted octanol–water partition coefficient (Wildman–Crippen LogP) is 7.43. The van der Waals surface area contributed by atoms with Gasteiger partial charge in [-0.25, -0.2) is 9.59 Å². The lowest BCUT2D eigenvalue weighted by atomic mass is 9.43. The molecule has 0 aromatic heterocycles. The summed E-state index contributed by atoms with van der Waals surface area (Å²) in [5.74, 6) is -4.33. The Morgan fingerprint density at radius 3 is 1.88 bits per heavy atom. The number of carboxylic acids is 1. The maximum Gasteiger partial charge on any atom is 0.461 e. The molecule has 9 atom stereocenters. The summed E-state index contributed by atoms with van der Waals surface area (Å²) < 4.78 is 23.8. The van der Waals surface area contributed by atoms with Crippen LogP contribution in [0.25, 0.3) is 11.1 Å². The summed E-state index contributed by atoms with van der Waals surface area (Å²) in [6.45, 7) is 22.0. The average molecular weight is 1070 g/mol. The van der Waals surface area contributed by atoms with E-state index in [1.807, 2.05) is 19.1 Å². The minimum absolute atomic E-state index is 0.00945. The van der Waals surface area contributed by atoms with E-state index in [1.54, 1.807) is 65.8 Å². The molecule has 1 aliphatic heterocycles. The number of benzene rings is 2. The molecule has 424 valence electrons. The molecule has 3 aliphatic carbocycles. The quantitative estimate of drug-likeness (QED) is 0.0357. The number of rotatable bonds is 26. The van der Waals surface area contributed by atoms with E-state index in [9.17, 15) is 43.5 Å². The van der Waals surface area contributed by atoms with Gasteiger partial charge in [-0.05, 0) is 159 Å². The van der Waals surface area contributed by atoms with Gasteiger partial charge in [-0.15, -0.1) is 0 Å². The van der Waals surface area contributed by atoms with Gasteiger partial charge in [0.2, 0.25) is 17.7 Å². The molecule has 2 aromatic rings. The molecule has 1 saturated heterocycles. The highest BCUT2D eigenvalue weighted by Crippen LogP contribution is 2.66. The van der Waals surface area contributed by atoms with Crippen molar-refractivity contribution in [2.45, 2.75) is 207 Å². The topological polar surface area (TPSA) is 266 Å². The van der Waals surface area contributed by atoms with E-state index >= 15 is 0 Å². The molecule has 0 spiro atoms. The standard InChI is InChI=1S/C57H85BN6O13/c1-13-14-17-36-19-21-37(22-20-36)38-23-25-39(26-24-38)49(69)64-43(33-60-53(73)75-55(7,8)9)51(71)63-42(27-28-47(66)67)50(70)61-35(3)48(68)62-41(18-15-16-29-59-52(72)74-54(4,5)6)44(65)30-34(2)58-76-46-32-40-31-45(56(40,10)11)57(46,12)77-58/h19-26,34-35,40-43,45-46H,13-18,27-33H2,1-12H3,(H,59,72)(H,60,73)(H,61,70)(H,62,68)(H,63,71)(H,64,69)(H,66,67)/t34-,35+,40+,41+,42+,43+,45+,46?,57+/m1/s1. The van der Waals surface area contributed by atoms with Gasteiger partial charge < -0.3 is 55.8 Å². The zero-order valence-corrected chi connectivity index (χ0v) is 47.4. The Hall–Kier alpha value is -6.02. The van der Waals surface area contributed by atoms with E-state index in [-0.39, 0.29) is 48.1 Å². The van der Waals surface area contributed by atoms with Crippen LogP contribution in [0.5, 0.6) is 0 Å². The van der Waals surface area contributed by atoms with Gasteiger partial charge in [0, 0.05) is 24.9 Å². The summed E-state index contributed by atoms with van der Waals surface area (Å²) in [6.07, 6.45) is 3.64. The molecule has 0 radical (unpaired) electrons. The van der Waals surface area contributed by atoms with E-state index < -0.39 is 109 Å². The SMILES string of the molecule is CCCCc1ccc(-c2ccc(C(=O)N[C@@H](CNC(=O)OC(C)(C)C)C(=O)N[C@@H](CCC(=O)O)C(=O)N[C@@H](C)C(=O)N[C@@H](CCCCNC(=O)OC(C)(C)C)C(=O)C[C@@H](C)B3OC4C[C@@H]5C[C@@H](C5(C)C)[C@]4(C)O3)cc2)cc1. The molecule has 3 saturated carbocycles. The molecule has 77 heavy (non-hydrogen) atoms. The lowest BCUT2D eigenvalue weighted by Gasteiger charge is -2.64. The summed E-state index contributed by atoms with van der Waals surface area (Å²) in [4.78, 5) is 107. The molecular weight excluding hydrogens is 987 g/mol. The molecule has 20 heteroatoms. The first-order chi connectivity index (χ1) is 36.0. The first-order valence-corrected chi connectivity index (χ1v) is 27.4. The summed E-state index contributed by atoms with van der Waals surface area (Å²) in [7, 11) is -0.633. The van der Waals surface area contributed by atoms with Gasteiger partial charge in [0.25, 0.3) is 5.91 Å². The van der Waals surface area contributed by atoms with Gasteiger partial charge in [-0.2, -0.15) is 0 Å². The second-order valence-electron chi connectivity index (χ2n) is 24.0. The maximum atomic E-state index is 14.2. The van der Waals surface area contributed by atoms with Gasteiger partial charge >= 0.3 is 25.3 Å². The third kappa shape index (κ3) is 17.8. The van der Waals surface area contributed by atoms with Crippen molar-refractivity contribution in [1.82, 2.24) is 31.9 Å².